The summed E-state index contributed by atoms with van der Waals surface area (Å²) in [5.74, 6) is -0.950. The van der Waals surface area contributed by atoms with Crippen LogP contribution in [0.5, 0.6) is 0 Å². The minimum atomic E-state index is -1.32. The van der Waals surface area contributed by atoms with Crippen molar-refractivity contribution in [2.75, 3.05) is 13.2 Å². The van der Waals surface area contributed by atoms with E-state index in [1.54, 1.807) is 24.8 Å². The minimum absolute atomic E-state index is 0.171. The maximum absolute atomic E-state index is 13.7. The van der Waals surface area contributed by atoms with Crippen LogP contribution in [0.4, 0.5) is 4.79 Å². The Morgan fingerprint density at radius 3 is 2.06 bits per heavy atom. The summed E-state index contributed by atoms with van der Waals surface area (Å²) in [6.45, 7) is 0.798. The molecule has 1 N–H and O–H groups in total. The molecule has 2 fully saturated rings. The summed E-state index contributed by atoms with van der Waals surface area (Å²) in [6.07, 6.45) is 9.95. The van der Waals surface area contributed by atoms with Gasteiger partial charge in [-0.25, -0.2) is 4.79 Å². The van der Waals surface area contributed by atoms with Crippen molar-refractivity contribution in [3.63, 3.8) is 0 Å². The number of rotatable bonds is 8. The van der Waals surface area contributed by atoms with Gasteiger partial charge in [-0.2, -0.15) is 0 Å². The number of imide groups is 2. The van der Waals surface area contributed by atoms with Crippen molar-refractivity contribution in [1.29, 1.82) is 0 Å². The number of ether oxygens (including phenoxy) is 1. The molecule has 2 aromatic rings. The van der Waals surface area contributed by atoms with Gasteiger partial charge in [0.15, 0.2) is 0 Å². The first-order chi connectivity index (χ1) is 15.1. The molecule has 0 bridgehead atoms. The number of nitrogens with one attached hydrogen (secondary N) is 1. The molecule has 0 spiro atoms. The average molecular weight is 422 g/mol. The molecule has 0 saturated carbocycles. The molecular formula is C23H26N4O4. The Hall–Kier alpha value is -3.13. The summed E-state index contributed by atoms with van der Waals surface area (Å²) in [5.41, 5.74) is 0.655. The first-order valence-electron chi connectivity index (χ1n) is 10.7. The molecule has 0 aromatic carbocycles. The van der Waals surface area contributed by atoms with Crippen molar-refractivity contribution in [2.45, 2.75) is 44.6 Å². The van der Waals surface area contributed by atoms with Crippen LogP contribution in [-0.2, 0) is 27.2 Å². The van der Waals surface area contributed by atoms with Crippen LogP contribution in [0.25, 0.3) is 0 Å². The van der Waals surface area contributed by atoms with Crippen LogP contribution < -0.4 is 5.32 Å². The second-order valence-electron chi connectivity index (χ2n) is 8.10. The summed E-state index contributed by atoms with van der Waals surface area (Å²) in [7, 11) is 0. The van der Waals surface area contributed by atoms with Gasteiger partial charge < -0.3 is 4.74 Å². The fourth-order valence-corrected chi connectivity index (χ4v) is 4.27. The number of barbiturate groups is 1. The lowest BCUT2D eigenvalue weighted by Crippen LogP contribution is -2.65. The quantitative estimate of drug-likeness (QED) is 0.655. The van der Waals surface area contributed by atoms with Crippen molar-refractivity contribution in [2.24, 2.45) is 5.41 Å². The third-order valence-corrected chi connectivity index (χ3v) is 6.14. The third kappa shape index (κ3) is 4.64. The Bertz CT molecular complexity index is 886. The Morgan fingerprint density at radius 2 is 1.55 bits per heavy atom. The number of hydrogen-bond donors (Lipinski definition) is 1. The molecule has 4 heterocycles. The van der Waals surface area contributed by atoms with Crippen molar-refractivity contribution < 1.29 is 19.1 Å². The van der Waals surface area contributed by atoms with E-state index in [2.05, 4.69) is 15.3 Å². The molecule has 162 valence electrons. The van der Waals surface area contributed by atoms with Crippen LogP contribution in [0.2, 0.25) is 0 Å². The van der Waals surface area contributed by atoms with Gasteiger partial charge in [0.1, 0.15) is 5.41 Å². The average Bonchev–Trinajstić information content (AvgIpc) is 3.31. The van der Waals surface area contributed by atoms with Crippen LogP contribution in [0, 0.1) is 5.41 Å². The first-order valence-corrected chi connectivity index (χ1v) is 10.7. The van der Waals surface area contributed by atoms with Crippen molar-refractivity contribution >= 4 is 17.8 Å². The highest BCUT2D eigenvalue weighted by molar-refractivity contribution is 6.19. The number of carbonyl (C=O) groups is 3. The summed E-state index contributed by atoms with van der Waals surface area (Å²) >= 11 is 0. The fraction of sp³-hybridized carbons (Fsp3) is 0.435. The van der Waals surface area contributed by atoms with Crippen LogP contribution in [-0.4, -0.2) is 52.0 Å². The Labute approximate surface area is 181 Å². The van der Waals surface area contributed by atoms with E-state index in [0.29, 0.717) is 32.3 Å². The molecular weight excluding hydrogens is 396 g/mol. The smallest absolute Gasteiger partial charge is 0.330 e. The number of hydrogen-bond acceptors (Lipinski definition) is 6. The number of pyridine rings is 2. The summed E-state index contributed by atoms with van der Waals surface area (Å²) in [6, 6.07) is 6.83. The van der Waals surface area contributed by atoms with Crippen molar-refractivity contribution in [1.82, 2.24) is 20.2 Å². The molecule has 0 radical (unpaired) electrons. The molecule has 2 aromatic heterocycles. The Balaban J connectivity index is 1.60. The third-order valence-electron chi connectivity index (χ3n) is 6.14. The predicted molar refractivity (Wildman–Crippen MR) is 112 cm³/mol. The molecule has 0 unspecified atom stereocenters. The van der Waals surface area contributed by atoms with E-state index in [1.165, 1.54) is 4.90 Å². The number of carbonyl (C=O) groups excluding carboxylic acids is 3. The lowest BCUT2D eigenvalue weighted by Gasteiger charge is -2.40. The first kappa shape index (κ1) is 21.1. The van der Waals surface area contributed by atoms with Gasteiger partial charge in [-0.05, 0) is 73.9 Å². The number of nitrogens with zero attached hydrogens (tertiary/aromatic N) is 3. The van der Waals surface area contributed by atoms with Gasteiger partial charge in [-0.15, -0.1) is 0 Å². The number of aromatic nitrogens is 2. The van der Waals surface area contributed by atoms with E-state index in [-0.39, 0.29) is 12.6 Å². The molecule has 2 aliphatic heterocycles. The van der Waals surface area contributed by atoms with Crippen molar-refractivity contribution in [3.8, 4) is 0 Å². The molecule has 1 atom stereocenters. The lowest BCUT2D eigenvalue weighted by atomic mass is 9.74. The second kappa shape index (κ2) is 9.34. The standard InChI is InChI=1S/C23H26N4O4/c28-20-23(9-3-17-5-11-24-12-6-17,10-4-18-7-13-25-14-8-18)21(29)27(22(30)26-20)16-19-2-1-15-31-19/h5-8,11-14,19H,1-4,9-10,15-16H2,(H,26,28,30)/t19-/m0/s1. The second-order valence-corrected chi connectivity index (χ2v) is 8.10. The van der Waals surface area contributed by atoms with E-state index in [1.807, 2.05) is 24.3 Å². The lowest BCUT2D eigenvalue weighted by molar-refractivity contribution is -0.153. The monoisotopic (exact) mass is 422 g/mol. The predicted octanol–water partition coefficient (Wildman–Crippen LogP) is 2.29. The highest BCUT2D eigenvalue weighted by Crippen LogP contribution is 2.36. The molecule has 2 saturated heterocycles. The molecule has 31 heavy (non-hydrogen) atoms. The minimum Gasteiger partial charge on any atom is -0.376 e. The van der Waals surface area contributed by atoms with Gasteiger partial charge in [0.2, 0.25) is 11.8 Å². The van der Waals surface area contributed by atoms with Gasteiger partial charge >= 0.3 is 6.03 Å². The zero-order valence-corrected chi connectivity index (χ0v) is 17.3. The molecule has 2 aliphatic rings. The summed E-state index contributed by atoms with van der Waals surface area (Å²) < 4.78 is 5.63. The van der Waals surface area contributed by atoms with Gasteiger partial charge in [0.25, 0.3) is 0 Å². The maximum atomic E-state index is 13.7. The van der Waals surface area contributed by atoms with E-state index < -0.39 is 23.3 Å². The highest BCUT2D eigenvalue weighted by Gasteiger charge is 2.53. The highest BCUT2D eigenvalue weighted by atomic mass is 16.5. The van der Waals surface area contributed by atoms with Crippen molar-refractivity contribution in [3.05, 3.63) is 60.2 Å². The summed E-state index contributed by atoms with van der Waals surface area (Å²) in [4.78, 5) is 48.6. The molecule has 8 heteroatoms. The Kier molecular flexibility index (Phi) is 6.36. The van der Waals surface area contributed by atoms with Crippen LogP contribution in [0.1, 0.15) is 36.8 Å². The Morgan fingerprint density at radius 1 is 0.968 bits per heavy atom. The van der Waals surface area contributed by atoms with Crippen LogP contribution in [0.3, 0.4) is 0 Å². The normalized spacial score (nSPS) is 20.7. The van der Waals surface area contributed by atoms with E-state index in [4.69, 9.17) is 4.74 Å². The van der Waals surface area contributed by atoms with E-state index >= 15 is 0 Å². The zero-order valence-electron chi connectivity index (χ0n) is 17.3. The molecule has 8 nitrogen and oxygen atoms in total. The van der Waals surface area contributed by atoms with Gasteiger partial charge in [-0.3, -0.25) is 29.8 Å². The van der Waals surface area contributed by atoms with E-state index in [0.717, 1.165) is 24.0 Å². The van der Waals surface area contributed by atoms with Crippen LogP contribution >= 0.6 is 0 Å². The van der Waals surface area contributed by atoms with E-state index in [9.17, 15) is 14.4 Å². The molecule has 4 amide bonds. The number of amides is 4. The number of urea groups is 1. The topological polar surface area (TPSA) is 101 Å². The van der Waals surface area contributed by atoms with Gasteiger partial charge in [-0.1, -0.05) is 0 Å². The van der Waals surface area contributed by atoms with Gasteiger partial charge in [0, 0.05) is 31.4 Å². The van der Waals surface area contributed by atoms with Crippen LogP contribution in [0.15, 0.2) is 49.1 Å². The SMILES string of the molecule is O=C1NC(=O)C(CCc2ccncc2)(CCc2ccncc2)C(=O)N1C[C@@H]1CCCO1. The molecule has 0 aliphatic carbocycles. The van der Waals surface area contributed by atoms with Gasteiger partial charge in [0.05, 0.1) is 12.6 Å². The maximum Gasteiger partial charge on any atom is 0.330 e. The largest absolute Gasteiger partial charge is 0.376 e. The fourth-order valence-electron chi connectivity index (χ4n) is 4.27. The zero-order chi connectivity index (χ0) is 21.7. The number of aryl methyl sites for hydroxylation is 2. The molecule has 4 rings (SSSR count). The summed E-state index contributed by atoms with van der Waals surface area (Å²) in [5, 5.41) is 2.44.